The van der Waals surface area contributed by atoms with Gasteiger partial charge in [0.2, 0.25) is 0 Å². The average molecular weight is 513 g/mol. The molecule has 9 heteroatoms. The lowest BCUT2D eigenvalue weighted by Gasteiger charge is -2.31. The Morgan fingerprint density at radius 2 is 2.00 bits per heavy atom. The second kappa shape index (κ2) is 10.8. The molecule has 0 unspecified atom stereocenters. The minimum Gasteiger partial charge on any atom is -0.332 e. The van der Waals surface area contributed by atoms with E-state index in [2.05, 4.69) is 27.1 Å². The zero-order chi connectivity index (χ0) is 25.8. The highest BCUT2D eigenvalue weighted by Crippen LogP contribution is 2.33. The predicted octanol–water partition coefficient (Wildman–Crippen LogP) is 4.66. The minimum absolute atomic E-state index is 0.132. The maximum atomic E-state index is 12.6. The van der Waals surface area contributed by atoms with Crippen molar-refractivity contribution in [1.82, 2.24) is 24.6 Å². The Labute approximate surface area is 219 Å². The fraction of sp³-hybridized carbons (Fsp3) is 0.250. The number of amides is 2. The van der Waals surface area contributed by atoms with Gasteiger partial charge in [0, 0.05) is 54.7 Å². The zero-order valence-corrected chi connectivity index (χ0v) is 21.1. The van der Waals surface area contributed by atoms with Crippen molar-refractivity contribution in [3.05, 3.63) is 71.6 Å². The van der Waals surface area contributed by atoms with Gasteiger partial charge in [-0.25, -0.2) is 4.98 Å². The zero-order valence-electron chi connectivity index (χ0n) is 20.3. The van der Waals surface area contributed by atoms with E-state index in [-0.39, 0.29) is 17.7 Å². The van der Waals surface area contributed by atoms with E-state index in [0.29, 0.717) is 29.5 Å². The van der Waals surface area contributed by atoms with Gasteiger partial charge in [0.25, 0.3) is 11.8 Å². The van der Waals surface area contributed by atoms with Crippen molar-refractivity contribution in [3.8, 4) is 23.1 Å². The van der Waals surface area contributed by atoms with Crippen molar-refractivity contribution in [2.24, 2.45) is 5.92 Å². The highest BCUT2D eigenvalue weighted by atomic mass is 35.5. The molecule has 37 heavy (non-hydrogen) atoms. The van der Waals surface area contributed by atoms with E-state index in [9.17, 15) is 9.59 Å². The fourth-order valence-corrected chi connectivity index (χ4v) is 4.92. The number of fused-ring (bicyclic) bond motifs is 1. The molecule has 0 radical (unpaired) electrons. The van der Waals surface area contributed by atoms with E-state index in [1.807, 2.05) is 27.8 Å². The number of nitrogens with one attached hydrogen (secondary N) is 1. The van der Waals surface area contributed by atoms with Gasteiger partial charge in [-0.15, -0.1) is 0 Å². The Hall–Kier alpha value is -4.22. The molecule has 1 aliphatic rings. The van der Waals surface area contributed by atoms with E-state index in [1.54, 1.807) is 49.8 Å². The molecule has 1 fully saturated rings. The van der Waals surface area contributed by atoms with Gasteiger partial charge in [-0.2, -0.15) is 5.10 Å². The number of carbonyl (C=O) groups excluding carboxylic acids is 2. The Kier molecular flexibility index (Phi) is 7.15. The van der Waals surface area contributed by atoms with Crippen molar-refractivity contribution in [1.29, 1.82) is 0 Å². The van der Waals surface area contributed by atoms with Gasteiger partial charge in [0.15, 0.2) is 0 Å². The van der Waals surface area contributed by atoms with Crippen LogP contribution in [0.5, 0.6) is 0 Å². The molecule has 1 aromatic carbocycles. The second-order valence-corrected chi connectivity index (χ2v) is 9.34. The molecule has 5 rings (SSSR count). The lowest BCUT2D eigenvalue weighted by Crippen LogP contribution is -2.40. The van der Waals surface area contributed by atoms with Gasteiger partial charge in [0.05, 0.1) is 10.5 Å². The molecule has 0 spiro atoms. The second-order valence-electron chi connectivity index (χ2n) is 8.93. The van der Waals surface area contributed by atoms with Crippen LogP contribution in [0.2, 0.25) is 5.02 Å². The van der Waals surface area contributed by atoms with Crippen LogP contribution in [0.4, 0.5) is 5.82 Å². The number of pyridine rings is 2. The molecular formula is C28H25ClN6O2. The Balaban J connectivity index is 1.40. The van der Waals surface area contributed by atoms with Gasteiger partial charge in [0.1, 0.15) is 11.5 Å². The fourth-order valence-electron chi connectivity index (χ4n) is 4.67. The summed E-state index contributed by atoms with van der Waals surface area (Å²) in [6, 6.07) is 12.6. The molecule has 0 bridgehead atoms. The number of nitrogens with zero attached hydrogens (tertiary/aromatic N) is 5. The molecule has 4 heterocycles. The quantitative estimate of drug-likeness (QED) is 0.392. The normalized spacial score (nSPS) is 15.2. The number of hydrogen-bond acceptors (Lipinski definition) is 5. The first kappa shape index (κ1) is 24.5. The standard InChI is InChI=1S/C28H25ClN6O2/c1-2-6-25(36)34-14-5-7-19(17-34)18-35-27-22(15-30-16-23(27)29)26(33-35)20-9-11-21(12-10-20)28(37)32-24-8-3-4-13-31-24/h3-4,8-13,15-16,19H,5,7,14,17-18H2,1H3,(H,31,32,37)/t19-/m1/s1. The lowest BCUT2D eigenvalue weighted by atomic mass is 9.98. The van der Waals surface area contributed by atoms with Crippen molar-refractivity contribution in [3.63, 3.8) is 0 Å². The van der Waals surface area contributed by atoms with E-state index < -0.39 is 0 Å². The van der Waals surface area contributed by atoms with Gasteiger partial charge < -0.3 is 10.2 Å². The largest absolute Gasteiger partial charge is 0.332 e. The smallest absolute Gasteiger partial charge is 0.298 e. The first-order valence-corrected chi connectivity index (χ1v) is 12.5. The summed E-state index contributed by atoms with van der Waals surface area (Å²) in [5, 5.41) is 9.05. The maximum absolute atomic E-state index is 12.6. The van der Waals surface area contributed by atoms with Crippen LogP contribution in [0.1, 0.15) is 30.1 Å². The van der Waals surface area contributed by atoms with E-state index >= 15 is 0 Å². The molecule has 2 amide bonds. The number of aromatic nitrogens is 4. The molecule has 1 aliphatic heterocycles. The van der Waals surface area contributed by atoms with Crippen molar-refractivity contribution in [2.75, 3.05) is 18.4 Å². The van der Waals surface area contributed by atoms with Crippen molar-refractivity contribution in [2.45, 2.75) is 26.3 Å². The number of benzene rings is 1. The summed E-state index contributed by atoms with van der Waals surface area (Å²) in [4.78, 5) is 35.2. The summed E-state index contributed by atoms with van der Waals surface area (Å²) < 4.78 is 1.92. The van der Waals surface area contributed by atoms with Gasteiger partial charge in [-0.3, -0.25) is 19.3 Å². The minimum atomic E-state index is -0.241. The topological polar surface area (TPSA) is 93.0 Å². The summed E-state index contributed by atoms with van der Waals surface area (Å²) in [5.74, 6) is 5.69. The monoisotopic (exact) mass is 512 g/mol. The summed E-state index contributed by atoms with van der Waals surface area (Å²) in [5.41, 5.74) is 2.90. The van der Waals surface area contributed by atoms with Crippen LogP contribution in [0.15, 0.2) is 61.1 Å². The first-order valence-electron chi connectivity index (χ1n) is 12.1. The molecule has 8 nitrogen and oxygen atoms in total. The maximum Gasteiger partial charge on any atom is 0.298 e. The molecule has 0 aliphatic carbocycles. The number of halogens is 1. The predicted molar refractivity (Wildman–Crippen MR) is 143 cm³/mol. The van der Waals surface area contributed by atoms with Crippen LogP contribution in [0.25, 0.3) is 22.2 Å². The molecule has 1 saturated heterocycles. The molecule has 0 saturated carbocycles. The lowest BCUT2D eigenvalue weighted by molar-refractivity contribution is -0.126. The third kappa shape index (κ3) is 5.32. The van der Waals surface area contributed by atoms with Crippen LogP contribution in [0.3, 0.4) is 0 Å². The molecule has 186 valence electrons. The molecule has 3 aromatic heterocycles. The first-order chi connectivity index (χ1) is 18.0. The Bertz CT molecular complexity index is 1500. The number of likely N-dealkylation sites (tertiary alicyclic amines) is 1. The van der Waals surface area contributed by atoms with E-state index in [1.165, 1.54) is 0 Å². The van der Waals surface area contributed by atoms with Crippen LogP contribution < -0.4 is 5.32 Å². The highest BCUT2D eigenvalue weighted by Gasteiger charge is 2.25. The molecule has 1 N–H and O–H groups in total. The van der Waals surface area contributed by atoms with E-state index in [4.69, 9.17) is 16.7 Å². The van der Waals surface area contributed by atoms with Gasteiger partial charge in [-0.1, -0.05) is 35.7 Å². The Morgan fingerprint density at radius 3 is 2.76 bits per heavy atom. The number of hydrogen-bond donors (Lipinski definition) is 1. The summed E-state index contributed by atoms with van der Waals surface area (Å²) in [6.45, 7) is 3.65. The summed E-state index contributed by atoms with van der Waals surface area (Å²) >= 11 is 6.58. The van der Waals surface area contributed by atoms with Crippen LogP contribution in [-0.2, 0) is 11.3 Å². The molecular weight excluding hydrogens is 488 g/mol. The summed E-state index contributed by atoms with van der Waals surface area (Å²) in [7, 11) is 0. The van der Waals surface area contributed by atoms with Gasteiger partial charge in [-0.05, 0) is 55.9 Å². The third-order valence-electron chi connectivity index (χ3n) is 6.40. The SMILES string of the molecule is CC#CC(=O)N1CCC[C@@H](Cn2nc(-c3ccc(C(=O)Nc4ccccn4)cc3)c3cncc(Cl)c32)C1. The van der Waals surface area contributed by atoms with E-state index in [0.717, 1.165) is 41.5 Å². The molecule has 4 aromatic rings. The van der Waals surface area contributed by atoms with Crippen LogP contribution >= 0.6 is 11.6 Å². The van der Waals surface area contributed by atoms with Crippen molar-refractivity contribution < 1.29 is 9.59 Å². The number of anilines is 1. The Morgan fingerprint density at radius 1 is 1.16 bits per heavy atom. The van der Waals surface area contributed by atoms with Gasteiger partial charge >= 0.3 is 0 Å². The number of rotatable bonds is 5. The highest BCUT2D eigenvalue weighted by molar-refractivity contribution is 6.35. The number of piperidine rings is 1. The van der Waals surface area contributed by atoms with Crippen LogP contribution in [-0.4, -0.2) is 49.6 Å². The third-order valence-corrected chi connectivity index (χ3v) is 6.68. The number of carbonyl (C=O) groups is 2. The average Bonchev–Trinajstić information content (AvgIpc) is 3.29. The summed E-state index contributed by atoms with van der Waals surface area (Å²) in [6.07, 6.45) is 6.91. The van der Waals surface area contributed by atoms with Crippen molar-refractivity contribution >= 4 is 40.1 Å². The molecule has 1 atom stereocenters. The van der Waals surface area contributed by atoms with Crippen LogP contribution in [0, 0.1) is 17.8 Å².